The molecule has 26 heavy (non-hydrogen) atoms. The number of carbonyl (C=O) groups excluding carboxylic acids is 1. The molecule has 0 saturated heterocycles. The lowest BCUT2D eigenvalue weighted by molar-refractivity contribution is -0.143. The summed E-state index contributed by atoms with van der Waals surface area (Å²) >= 11 is 0. The summed E-state index contributed by atoms with van der Waals surface area (Å²) in [6, 6.07) is 0. The fourth-order valence-electron chi connectivity index (χ4n) is 3.33. The highest BCUT2D eigenvalue weighted by atomic mass is 16.5. The van der Waals surface area contributed by atoms with E-state index >= 15 is 0 Å². The third-order valence-electron chi connectivity index (χ3n) is 5.10. The quantitative estimate of drug-likeness (QED) is 0.170. The van der Waals surface area contributed by atoms with Crippen molar-refractivity contribution in [1.29, 1.82) is 0 Å². The van der Waals surface area contributed by atoms with Crippen molar-refractivity contribution in [1.82, 2.24) is 0 Å². The zero-order valence-corrected chi connectivity index (χ0v) is 18.5. The molecule has 0 bridgehead atoms. The minimum absolute atomic E-state index is 0.00950. The van der Waals surface area contributed by atoms with Crippen LogP contribution in [0.4, 0.5) is 0 Å². The van der Waals surface area contributed by atoms with Gasteiger partial charge in [0.25, 0.3) is 0 Å². The van der Waals surface area contributed by atoms with Crippen molar-refractivity contribution in [2.75, 3.05) is 6.61 Å². The van der Waals surface area contributed by atoms with Crippen molar-refractivity contribution in [2.45, 2.75) is 130 Å². The molecule has 0 heterocycles. The van der Waals surface area contributed by atoms with E-state index < -0.39 is 0 Å². The minimum Gasteiger partial charge on any atom is -0.466 e. The number of hydrogen-bond donors (Lipinski definition) is 0. The van der Waals surface area contributed by atoms with Gasteiger partial charge in [0.2, 0.25) is 0 Å². The largest absolute Gasteiger partial charge is 0.466 e. The predicted molar refractivity (Wildman–Crippen MR) is 115 cm³/mol. The SMILES string of the molecule is CC(C)CCCCCCCCCCCOC(=O)CCCCCCC(C)C. The van der Waals surface area contributed by atoms with Crippen LogP contribution >= 0.6 is 0 Å². The Kier molecular flexibility index (Phi) is 18.8. The van der Waals surface area contributed by atoms with Gasteiger partial charge in [0, 0.05) is 6.42 Å². The highest BCUT2D eigenvalue weighted by Gasteiger charge is 2.03. The second-order valence-electron chi connectivity index (χ2n) is 8.93. The highest BCUT2D eigenvalue weighted by molar-refractivity contribution is 5.69. The molecule has 0 N–H and O–H groups in total. The molecule has 0 atom stereocenters. The maximum Gasteiger partial charge on any atom is 0.305 e. The van der Waals surface area contributed by atoms with E-state index in [9.17, 15) is 4.79 Å². The van der Waals surface area contributed by atoms with Crippen LogP contribution in [0.1, 0.15) is 130 Å². The Hall–Kier alpha value is -0.530. The van der Waals surface area contributed by atoms with E-state index in [0.717, 1.165) is 24.7 Å². The Morgan fingerprint density at radius 2 is 0.962 bits per heavy atom. The Morgan fingerprint density at radius 1 is 0.577 bits per heavy atom. The van der Waals surface area contributed by atoms with Crippen molar-refractivity contribution >= 4 is 5.97 Å². The van der Waals surface area contributed by atoms with Gasteiger partial charge < -0.3 is 4.74 Å². The van der Waals surface area contributed by atoms with Crippen LogP contribution in [-0.4, -0.2) is 12.6 Å². The molecule has 0 spiro atoms. The van der Waals surface area contributed by atoms with E-state index in [0.29, 0.717) is 13.0 Å². The van der Waals surface area contributed by atoms with Gasteiger partial charge in [-0.2, -0.15) is 0 Å². The minimum atomic E-state index is 0.00950. The lowest BCUT2D eigenvalue weighted by Crippen LogP contribution is -2.05. The normalized spacial score (nSPS) is 11.5. The van der Waals surface area contributed by atoms with E-state index in [2.05, 4.69) is 27.7 Å². The third-order valence-corrected chi connectivity index (χ3v) is 5.10. The second-order valence-corrected chi connectivity index (χ2v) is 8.93. The summed E-state index contributed by atoms with van der Waals surface area (Å²) in [7, 11) is 0. The molecule has 0 fully saturated rings. The van der Waals surface area contributed by atoms with Crippen LogP contribution in [-0.2, 0) is 9.53 Å². The van der Waals surface area contributed by atoms with Crippen LogP contribution < -0.4 is 0 Å². The van der Waals surface area contributed by atoms with Crippen LogP contribution in [0, 0.1) is 11.8 Å². The third kappa shape index (κ3) is 21.5. The number of rotatable bonds is 19. The van der Waals surface area contributed by atoms with Gasteiger partial charge in [-0.05, 0) is 24.7 Å². The van der Waals surface area contributed by atoms with Gasteiger partial charge in [0.15, 0.2) is 0 Å². The average Bonchev–Trinajstić information content (AvgIpc) is 2.58. The van der Waals surface area contributed by atoms with Crippen LogP contribution in [0.15, 0.2) is 0 Å². The molecule has 0 rings (SSSR count). The van der Waals surface area contributed by atoms with Gasteiger partial charge in [-0.1, -0.05) is 111 Å². The van der Waals surface area contributed by atoms with Gasteiger partial charge in [-0.15, -0.1) is 0 Å². The number of esters is 1. The zero-order chi connectivity index (χ0) is 19.5. The molecule has 2 nitrogen and oxygen atoms in total. The van der Waals surface area contributed by atoms with Crippen LogP contribution in [0.2, 0.25) is 0 Å². The van der Waals surface area contributed by atoms with Gasteiger partial charge >= 0.3 is 5.97 Å². The van der Waals surface area contributed by atoms with E-state index in [-0.39, 0.29) is 5.97 Å². The predicted octanol–water partition coefficient (Wildman–Crippen LogP) is 8.08. The molecule has 0 saturated carbocycles. The highest BCUT2D eigenvalue weighted by Crippen LogP contribution is 2.13. The molecular weight excluding hydrogens is 320 g/mol. The van der Waals surface area contributed by atoms with Crippen molar-refractivity contribution in [3.63, 3.8) is 0 Å². The van der Waals surface area contributed by atoms with Gasteiger partial charge in [0.1, 0.15) is 0 Å². The van der Waals surface area contributed by atoms with Crippen molar-refractivity contribution in [3.8, 4) is 0 Å². The summed E-state index contributed by atoms with van der Waals surface area (Å²) < 4.78 is 5.34. The number of carbonyl (C=O) groups is 1. The summed E-state index contributed by atoms with van der Waals surface area (Å²) in [5.41, 5.74) is 0. The van der Waals surface area contributed by atoms with E-state index in [1.165, 1.54) is 83.5 Å². The number of ether oxygens (including phenoxy) is 1. The van der Waals surface area contributed by atoms with Crippen LogP contribution in [0.5, 0.6) is 0 Å². The zero-order valence-electron chi connectivity index (χ0n) is 18.5. The Morgan fingerprint density at radius 3 is 1.42 bits per heavy atom. The topological polar surface area (TPSA) is 26.3 Å². The molecule has 0 aliphatic rings. The fourth-order valence-corrected chi connectivity index (χ4v) is 3.33. The van der Waals surface area contributed by atoms with Crippen molar-refractivity contribution in [3.05, 3.63) is 0 Å². The van der Waals surface area contributed by atoms with E-state index in [1.807, 2.05) is 0 Å². The Balaban J connectivity index is 3.16. The van der Waals surface area contributed by atoms with Gasteiger partial charge in [-0.25, -0.2) is 0 Å². The lowest BCUT2D eigenvalue weighted by Gasteiger charge is -2.06. The molecule has 0 aliphatic heterocycles. The first-order chi connectivity index (χ1) is 12.5. The smallest absolute Gasteiger partial charge is 0.305 e. The summed E-state index contributed by atoms with van der Waals surface area (Å²) in [4.78, 5) is 11.7. The molecule has 0 aromatic heterocycles. The van der Waals surface area contributed by atoms with Crippen molar-refractivity contribution < 1.29 is 9.53 Å². The standard InChI is InChI=1S/C24H48O2/c1-22(2)18-14-10-8-6-5-7-9-13-17-21-26-24(25)20-16-12-11-15-19-23(3)4/h22-23H,5-21H2,1-4H3. The fraction of sp³-hybridized carbons (Fsp3) is 0.958. The first-order valence-electron chi connectivity index (χ1n) is 11.7. The summed E-state index contributed by atoms with van der Waals surface area (Å²) in [5, 5.41) is 0. The summed E-state index contributed by atoms with van der Waals surface area (Å²) in [5.74, 6) is 1.67. The monoisotopic (exact) mass is 368 g/mol. The maximum absolute atomic E-state index is 11.7. The van der Waals surface area contributed by atoms with Crippen molar-refractivity contribution in [2.24, 2.45) is 11.8 Å². The molecule has 2 heteroatoms. The average molecular weight is 369 g/mol. The molecule has 0 aromatic carbocycles. The molecule has 0 amide bonds. The van der Waals surface area contributed by atoms with E-state index in [4.69, 9.17) is 4.74 Å². The molecular formula is C24H48O2. The number of unbranched alkanes of at least 4 members (excludes halogenated alkanes) is 11. The van der Waals surface area contributed by atoms with Gasteiger partial charge in [0.05, 0.1) is 6.61 Å². The summed E-state index contributed by atoms with van der Waals surface area (Å²) in [6.45, 7) is 9.79. The molecule has 0 aliphatic carbocycles. The first-order valence-corrected chi connectivity index (χ1v) is 11.7. The van der Waals surface area contributed by atoms with Crippen LogP contribution in [0.3, 0.4) is 0 Å². The summed E-state index contributed by atoms with van der Waals surface area (Å²) in [6.07, 6.45) is 19.9. The second kappa shape index (κ2) is 19.2. The Labute approximate surface area is 164 Å². The van der Waals surface area contributed by atoms with E-state index in [1.54, 1.807) is 0 Å². The molecule has 0 unspecified atom stereocenters. The van der Waals surface area contributed by atoms with Crippen LogP contribution in [0.25, 0.3) is 0 Å². The lowest BCUT2D eigenvalue weighted by atomic mass is 10.0. The maximum atomic E-state index is 11.7. The molecule has 0 aromatic rings. The Bertz CT molecular complexity index is 297. The molecule has 0 radical (unpaired) electrons. The number of hydrogen-bond acceptors (Lipinski definition) is 2. The molecule has 156 valence electrons. The van der Waals surface area contributed by atoms with Gasteiger partial charge in [-0.3, -0.25) is 4.79 Å². The first kappa shape index (κ1) is 25.5.